The van der Waals surface area contributed by atoms with Gasteiger partial charge in [-0.25, -0.2) is 4.39 Å². The van der Waals surface area contributed by atoms with Crippen LogP contribution < -0.4 is 4.90 Å². The largest absolute Gasteiger partial charge is 0.305 e. The minimum absolute atomic E-state index is 0.0806. The highest BCUT2D eigenvalue weighted by Crippen LogP contribution is 2.39. The van der Waals surface area contributed by atoms with Crippen molar-refractivity contribution in [3.63, 3.8) is 0 Å². The molecule has 0 aromatic heterocycles. The second kappa shape index (κ2) is 7.67. The van der Waals surface area contributed by atoms with Crippen molar-refractivity contribution in [2.75, 3.05) is 11.4 Å². The maximum Gasteiger partial charge on any atom is 0.227 e. The number of hydrogen-bond acceptors (Lipinski definition) is 1. The van der Waals surface area contributed by atoms with Crippen LogP contribution in [0, 0.1) is 5.82 Å². The zero-order chi connectivity index (χ0) is 18.1. The molecule has 0 N–H and O–H groups in total. The number of carbonyl (C=O) groups excluding carboxylic acids is 1. The van der Waals surface area contributed by atoms with Crippen molar-refractivity contribution in [3.05, 3.63) is 66.8 Å². The van der Waals surface area contributed by atoms with Gasteiger partial charge >= 0.3 is 0 Å². The third-order valence-electron chi connectivity index (χ3n) is 3.92. The molecule has 1 amide bonds. The number of amides is 1. The number of anilines is 1. The molecule has 0 bridgehead atoms. The van der Waals surface area contributed by atoms with Crippen molar-refractivity contribution >= 4 is 68.4 Å². The fourth-order valence-corrected chi connectivity index (χ4v) is 4.37. The predicted molar refractivity (Wildman–Crippen MR) is 105 cm³/mol. The van der Waals surface area contributed by atoms with Gasteiger partial charge in [-0.1, -0.05) is 56.8 Å². The van der Waals surface area contributed by atoms with Crippen molar-refractivity contribution in [3.8, 4) is 0 Å². The van der Waals surface area contributed by atoms with Gasteiger partial charge in [0.15, 0.2) is 0 Å². The number of benzene rings is 2. The molecule has 1 aliphatic heterocycles. The molecule has 130 valence electrons. The summed E-state index contributed by atoms with van der Waals surface area (Å²) in [5, 5.41) is 1.08. The van der Waals surface area contributed by atoms with Crippen LogP contribution in [0.2, 0.25) is 15.1 Å². The van der Waals surface area contributed by atoms with Crippen molar-refractivity contribution < 1.29 is 9.18 Å². The van der Waals surface area contributed by atoms with Gasteiger partial charge < -0.3 is 4.90 Å². The monoisotopic (exact) mass is 461 g/mol. The summed E-state index contributed by atoms with van der Waals surface area (Å²) in [6, 6.07) is 7.90. The van der Waals surface area contributed by atoms with Crippen LogP contribution in [0.5, 0.6) is 0 Å². The minimum atomic E-state index is -0.400. The first-order valence-electron chi connectivity index (χ1n) is 7.45. The summed E-state index contributed by atoms with van der Waals surface area (Å²) in [5.41, 5.74) is 1.66. The molecule has 25 heavy (non-hydrogen) atoms. The highest BCUT2D eigenvalue weighted by molar-refractivity contribution is 9.10. The summed E-state index contributed by atoms with van der Waals surface area (Å²) in [5.74, 6) is -0.481. The number of carbonyl (C=O) groups is 1. The lowest BCUT2D eigenvalue weighted by Crippen LogP contribution is -2.37. The van der Waals surface area contributed by atoms with Crippen molar-refractivity contribution in [2.45, 2.75) is 12.8 Å². The fourth-order valence-electron chi connectivity index (χ4n) is 2.74. The Morgan fingerprint density at radius 2 is 1.76 bits per heavy atom. The molecule has 2 nitrogen and oxygen atoms in total. The van der Waals surface area contributed by atoms with Gasteiger partial charge in [-0.2, -0.15) is 0 Å². The van der Waals surface area contributed by atoms with Crippen LogP contribution in [0.4, 0.5) is 10.1 Å². The number of halogens is 5. The molecule has 2 aromatic carbocycles. The van der Waals surface area contributed by atoms with Crippen LogP contribution in [-0.4, -0.2) is 12.5 Å². The molecule has 7 heteroatoms. The van der Waals surface area contributed by atoms with Crippen molar-refractivity contribution in [1.29, 1.82) is 0 Å². The molecule has 0 atom stereocenters. The Balaban J connectivity index is 1.98. The smallest absolute Gasteiger partial charge is 0.227 e. The van der Waals surface area contributed by atoms with Crippen LogP contribution in [0.25, 0.3) is 6.08 Å². The Kier molecular flexibility index (Phi) is 5.74. The van der Waals surface area contributed by atoms with E-state index in [0.29, 0.717) is 39.2 Å². The molecule has 0 aliphatic carbocycles. The minimum Gasteiger partial charge on any atom is -0.305 e. The number of piperidine rings is 1. The molecule has 1 heterocycles. The van der Waals surface area contributed by atoms with E-state index in [-0.39, 0.29) is 12.5 Å². The Morgan fingerprint density at radius 3 is 2.40 bits per heavy atom. The van der Waals surface area contributed by atoms with Gasteiger partial charge in [-0.15, -0.1) is 0 Å². The zero-order valence-corrected chi connectivity index (χ0v) is 16.7. The quantitative estimate of drug-likeness (QED) is 0.482. The van der Waals surface area contributed by atoms with Gasteiger partial charge in [0.05, 0.1) is 20.8 Å². The molecule has 0 saturated carbocycles. The fraction of sp³-hybridized carbons (Fsp3) is 0.167. The number of nitrogens with zero attached hydrogens (tertiary/aromatic N) is 1. The molecule has 0 spiro atoms. The normalized spacial score (nSPS) is 16.6. The molecule has 1 aliphatic rings. The number of rotatable bonds is 2. The van der Waals surface area contributed by atoms with Gasteiger partial charge in [-0.05, 0) is 42.3 Å². The third kappa shape index (κ3) is 4.03. The summed E-state index contributed by atoms with van der Waals surface area (Å²) in [4.78, 5) is 13.9. The molecule has 1 fully saturated rings. The second-order valence-electron chi connectivity index (χ2n) is 5.64. The molecule has 3 rings (SSSR count). The maximum atomic E-state index is 14.0. The molecule has 0 radical (unpaired) electrons. The number of hydrogen-bond donors (Lipinski definition) is 0. The SMILES string of the molecule is O=C1CC/C(=C\c2c(F)cccc2Cl)CN1c1c(Cl)cc(Br)cc1Cl. The van der Waals surface area contributed by atoms with Gasteiger partial charge in [0.2, 0.25) is 5.91 Å². The lowest BCUT2D eigenvalue weighted by Gasteiger charge is -2.30. The van der Waals surface area contributed by atoms with E-state index in [9.17, 15) is 9.18 Å². The zero-order valence-electron chi connectivity index (χ0n) is 12.8. The van der Waals surface area contributed by atoms with E-state index in [0.717, 1.165) is 10.0 Å². The Bertz CT molecular complexity index is 841. The highest BCUT2D eigenvalue weighted by Gasteiger charge is 2.27. The highest BCUT2D eigenvalue weighted by atomic mass is 79.9. The summed E-state index contributed by atoms with van der Waals surface area (Å²) < 4.78 is 14.7. The lowest BCUT2D eigenvalue weighted by atomic mass is 10.0. The van der Waals surface area contributed by atoms with E-state index in [1.54, 1.807) is 30.3 Å². The molecule has 2 aromatic rings. The summed E-state index contributed by atoms with van der Waals surface area (Å²) >= 11 is 22.0. The van der Waals surface area contributed by atoms with E-state index in [2.05, 4.69) is 15.9 Å². The average Bonchev–Trinajstić information content (AvgIpc) is 2.53. The summed E-state index contributed by atoms with van der Waals surface area (Å²) in [7, 11) is 0. The Hall–Kier alpha value is -1.07. The topological polar surface area (TPSA) is 20.3 Å². The van der Waals surface area contributed by atoms with Crippen LogP contribution >= 0.6 is 50.7 Å². The van der Waals surface area contributed by atoms with Crippen LogP contribution in [0.3, 0.4) is 0 Å². The predicted octanol–water partition coefficient (Wildman–Crippen LogP) is 6.76. The van der Waals surface area contributed by atoms with Crippen LogP contribution in [0.15, 0.2) is 40.4 Å². The molecule has 1 saturated heterocycles. The molecular weight excluding hydrogens is 451 g/mol. The van der Waals surface area contributed by atoms with Crippen molar-refractivity contribution in [1.82, 2.24) is 0 Å². The summed E-state index contributed by atoms with van der Waals surface area (Å²) in [6.07, 6.45) is 2.52. The van der Waals surface area contributed by atoms with Gasteiger partial charge in [0.25, 0.3) is 0 Å². The summed E-state index contributed by atoms with van der Waals surface area (Å²) in [6.45, 7) is 0.282. The van der Waals surface area contributed by atoms with E-state index < -0.39 is 5.82 Å². The first kappa shape index (κ1) is 18.7. The average molecular weight is 464 g/mol. The maximum absolute atomic E-state index is 14.0. The van der Waals surface area contributed by atoms with Crippen LogP contribution in [0.1, 0.15) is 18.4 Å². The standard InChI is InChI=1S/C18H12BrCl3FNO/c19-11-7-14(21)18(15(22)8-11)24-9-10(4-5-17(24)25)6-12-13(20)2-1-3-16(12)23/h1-3,6-8H,4-5,9H2/b10-6+. The van der Waals surface area contributed by atoms with E-state index >= 15 is 0 Å². The molecular formula is C18H12BrCl3FNO. The lowest BCUT2D eigenvalue weighted by molar-refractivity contribution is -0.119. The Labute approximate surface area is 168 Å². The van der Waals surface area contributed by atoms with Gasteiger partial charge in [0.1, 0.15) is 5.82 Å². The molecule has 0 unspecified atom stereocenters. The Morgan fingerprint density at radius 1 is 1.08 bits per heavy atom. The van der Waals surface area contributed by atoms with Crippen LogP contribution in [-0.2, 0) is 4.79 Å². The van der Waals surface area contributed by atoms with E-state index in [1.807, 2.05) is 0 Å². The second-order valence-corrected chi connectivity index (χ2v) is 7.77. The van der Waals surface area contributed by atoms with Gasteiger partial charge in [0, 0.05) is 23.0 Å². The third-order valence-corrected chi connectivity index (χ3v) is 5.29. The first-order chi connectivity index (χ1) is 11.9. The van der Waals surface area contributed by atoms with Crippen molar-refractivity contribution in [2.24, 2.45) is 0 Å². The van der Waals surface area contributed by atoms with E-state index in [1.165, 1.54) is 11.0 Å². The van der Waals surface area contributed by atoms with E-state index in [4.69, 9.17) is 34.8 Å². The first-order valence-corrected chi connectivity index (χ1v) is 9.38. The van der Waals surface area contributed by atoms with Gasteiger partial charge in [-0.3, -0.25) is 4.79 Å².